The van der Waals surface area contributed by atoms with Crippen molar-refractivity contribution in [2.45, 2.75) is 20.1 Å². The van der Waals surface area contributed by atoms with E-state index in [2.05, 4.69) is 15.3 Å². The Balaban J connectivity index is 1.76. The minimum absolute atomic E-state index is 0.392. The third-order valence-corrected chi connectivity index (χ3v) is 3.69. The number of para-hydroxylation sites is 1. The van der Waals surface area contributed by atoms with Crippen LogP contribution in [0.4, 0.5) is 0 Å². The van der Waals surface area contributed by atoms with Crippen LogP contribution in [0.2, 0.25) is 0 Å². The van der Waals surface area contributed by atoms with Gasteiger partial charge in [0.05, 0.1) is 0 Å². The van der Waals surface area contributed by atoms with Gasteiger partial charge in [0.2, 0.25) is 4.96 Å². The van der Waals surface area contributed by atoms with Crippen LogP contribution in [0.25, 0.3) is 4.96 Å². The Hall–Kier alpha value is -1.99. The van der Waals surface area contributed by atoms with Crippen LogP contribution in [0.5, 0.6) is 5.75 Å². The highest BCUT2D eigenvalue weighted by atomic mass is 32.1. The second-order valence-electron chi connectivity index (χ2n) is 4.29. The summed E-state index contributed by atoms with van der Waals surface area (Å²) in [6.45, 7) is 2.83. The molecule has 0 aliphatic heterocycles. The largest absolute Gasteiger partial charge is 0.486 e. The van der Waals surface area contributed by atoms with Crippen LogP contribution in [0, 0.1) is 6.92 Å². The zero-order valence-electron chi connectivity index (χ0n) is 11.2. The summed E-state index contributed by atoms with van der Waals surface area (Å²) in [4.78, 5) is 0.750. The number of aromatic nitrogens is 4. The van der Waals surface area contributed by atoms with E-state index in [1.807, 2.05) is 31.2 Å². The second-order valence-corrected chi connectivity index (χ2v) is 5.33. The number of hydrogen-bond donors (Lipinski definition) is 0. The Labute approximate surface area is 120 Å². The molecule has 0 aliphatic rings. The lowest BCUT2D eigenvalue weighted by molar-refractivity contribution is 0.176. The van der Waals surface area contributed by atoms with Crippen LogP contribution in [0.15, 0.2) is 24.3 Å². The van der Waals surface area contributed by atoms with Crippen molar-refractivity contribution >= 4 is 16.3 Å². The molecule has 3 rings (SSSR count). The molecule has 0 N–H and O–H groups in total. The van der Waals surface area contributed by atoms with Gasteiger partial charge in [0, 0.05) is 7.11 Å². The molecule has 7 heteroatoms. The third-order valence-electron chi connectivity index (χ3n) is 2.82. The van der Waals surface area contributed by atoms with Gasteiger partial charge < -0.3 is 9.47 Å². The van der Waals surface area contributed by atoms with Crippen LogP contribution >= 0.6 is 11.3 Å². The molecular formula is C13H14N4O2S. The van der Waals surface area contributed by atoms with E-state index in [4.69, 9.17) is 9.47 Å². The van der Waals surface area contributed by atoms with Gasteiger partial charge in [0.1, 0.15) is 19.0 Å². The molecule has 0 amide bonds. The van der Waals surface area contributed by atoms with Crippen LogP contribution in [0.1, 0.15) is 16.4 Å². The van der Waals surface area contributed by atoms with Gasteiger partial charge in [-0.15, -0.1) is 10.2 Å². The van der Waals surface area contributed by atoms with Gasteiger partial charge >= 0.3 is 0 Å². The minimum atomic E-state index is 0.392. The van der Waals surface area contributed by atoms with Crippen molar-refractivity contribution < 1.29 is 9.47 Å². The Morgan fingerprint density at radius 1 is 1.20 bits per heavy atom. The molecule has 0 saturated heterocycles. The zero-order chi connectivity index (χ0) is 13.9. The molecule has 0 atom stereocenters. The number of nitrogens with zero attached hydrogens (tertiary/aromatic N) is 4. The quantitative estimate of drug-likeness (QED) is 0.721. The summed E-state index contributed by atoms with van der Waals surface area (Å²) in [6, 6.07) is 7.91. The van der Waals surface area contributed by atoms with Gasteiger partial charge in [-0.05, 0) is 18.6 Å². The molecule has 0 spiro atoms. The molecule has 0 bridgehead atoms. The molecule has 0 saturated carbocycles. The predicted octanol–water partition coefficient (Wildman–Crippen LogP) is 2.22. The van der Waals surface area contributed by atoms with E-state index in [-0.39, 0.29) is 0 Å². The highest BCUT2D eigenvalue weighted by Crippen LogP contribution is 2.20. The lowest BCUT2D eigenvalue weighted by Crippen LogP contribution is -2.00. The molecule has 2 heterocycles. The second kappa shape index (κ2) is 5.56. The minimum Gasteiger partial charge on any atom is -0.486 e. The Kier molecular flexibility index (Phi) is 3.62. The average molecular weight is 290 g/mol. The van der Waals surface area contributed by atoms with Crippen LogP contribution in [-0.2, 0) is 18.0 Å². The first-order chi connectivity index (χ1) is 9.78. The molecule has 1 aromatic carbocycles. The van der Waals surface area contributed by atoms with Crippen molar-refractivity contribution in [1.29, 1.82) is 0 Å². The van der Waals surface area contributed by atoms with Gasteiger partial charge in [-0.3, -0.25) is 0 Å². The molecule has 2 aromatic heterocycles. The summed E-state index contributed by atoms with van der Waals surface area (Å²) in [7, 11) is 1.62. The molecule has 6 nitrogen and oxygen atoms in total. The number of rotatable bonds is 5. The van der Waals surface area contributed by atoms with Crippen LogP contribution in [-0.4, -0.2) is 26.9 Å². The Morgan fingerprint density at radius 3 is 2.85 bits per heavy atom. The van der Waals surface area contributed by atoms with Crippen LogP contribution in [0.3, 0.4) is 0 Å². The van der Waals surface area contributed by atoms with E-state index in [1.165, 1.54) is 11.3 Å². The van der Waals surface area contributed by atoms with E-state index < -0.39 is 0 Å². The maximum absolute atomic E-state index is 5.78. The third kappa shape index (κ3) is 2.50. The van der Waals surface area contributed by atoms with Crippen LogP contribution < -0.4 is 4.74 Å². The van der Waals surface area contributed by atoms with E-state index in [1.54, 1.807) is 11.6 Å². The monoisotopic (exact) mass is 290 g/mol. The van der Waals surface area contributed by atoms with Gasteiger partial charge in [-0.1, -0.05) is 29.5 Å². The Bertz CT molecular complexity index is 722. The molecular weight excluding hydrogens is 276 g/mol. The van der Waals surface area contributed by atoms with Crippen molar-refractivity contribution in [2.24, 2.45) is 0 Å². The number of methoxy groups -OCH3 is 1. The van der Waals surface area contributed by atoms with Crippen molar-refractivity contribution in [3.63, 3.8) is 0 Å². The summed E-state index contributed by atoms with van der Waals surface area (Å²) < 4.78 is 12.5. The number of ether oxygens (including phenoxy) is 2. The van der Waals surface area contributed by atoms with Gasteiger partial charge in [0.25, 0.3) is 0 Å². The smallest absolute Gasteiger partial charge is 0.234 e. The summed E-state index contributed by atoms with van der Waals surface area (Å²) in [5, 5.41) is 13.4. The first kappa shape index (κ1) is 13.0. The van der Waals surface area contributed by atoms with Gasteiger partial charge in [-0.25, -0.2) is 0 Å². The molecule has 0 fully saturated rings. The number of fused-ring (bicyclic) bond motifs is 1. The lowest BCUT2D eigenvalue weighted by Gasteiger charge is -2.06. The van der Waals surface area contributed by atoms with E-state index >= 15 is 0 Å². The average Bonchev–Trinajstić information content (AvgIpc) is 3.00. The molecule has 0 radical (unpaired) electrons. The first-order valence-corrected chi connectivity index (χ1v) is 6.97. The SMILES string of the molecule is COCc1nnc2sc(COc3ccccc3C)nn12. The summed E-state index contributed by atoms with van der Waals surface area (Å²) in [5.41, 5.74) is 1.11. The Morgan fingerprint density at radius 2 is 2.05 bits per heavy atom. The lowest BCUT2D eigenvalue weighted by atomic mass is 10.2. The fourth-order valence-electron chi connectivity index (χ4n) is 1.83. The first-order valence-electron chi connectivity index (χ1n) is 6.15. The maximum Gasteiger partial charge on any atom is 0.234 e. The van der Waals surface area contributed by atoms with Gasteiger partial charge in [0.15, 0.2) is 10.8 Å². The highest BCUT2D eigenvalue weighted by Gasteiger charge is 2.12. The normalized spacial score (nSPS) is 11.1. The topological polar surface area (TPSA) is 61.5 Å². The molecule has 0 unspecified atom stereocenters. The van der Waals surface area contributed by atoms with Gasteiger partial charge in [-0.2, -0.15) is 9.61 Å². The molecule has 104 valence electrons. The zero-order valence-corrected chi connectivity index (χ0v) is 12.1. The summed E-state index contributed by atoms with van der Waals surface area (Å²) in [6.07, 6.45) is 0. The molecule has 20 heavy (non-hydrogen) atoms. The van der Waals surface area contributed by atoms with E-state index in [0.29, 0.717) is 19.0 Å². The predicted molar refractivity (Wildman–Crippen MR) is 74.9 cm³/mol. The van der Waals surface area contributed by atoms with E-state index in [9.17, 15) is 0 Å². The standard InChI is InChI=1S/C13H14N4O2S/c1-9-5-3-4-6-10(9)19-8-12-16-17-11(7-18-2)14-15-13(17)20-12/h3-6H,7-8H2,1-2H3. The van der Waals surface area contributed by atoms with Crippen molar-refractivity contribution in [3.05, 3.63) is 40.7 Å². The fourth-order valence-corrected chi connectivity index (χ4v) is 2.60. The number of benzene rings is 1. The van der Waals surface area contributed by atoms with Crippen molar-refractivity contribution in [1.82, 2.24) is 19.8 Å². The number of aryl methyl sites for hydroxylation is 1. The molecule has 3 aromatic rings. The highest BCUT2D eigenvalue weighted by molar-refractivity contribution is 7.16. The number of hydrogen-bond acceptors (Lipinski definition) is 6. The maximum atomic E-state index is 5.78. The van der Waals surface area contributed by atoms with E-state index in [0.717, 1.165) is 21.3 Å². The fraction of sp³-hybridized carbons (Fsp3) is 0.308. The van der Waals surface area contributed by atoms with Crippen molar-refractivity contribution in [3.8, 4) is 5.75 Å². The van der Waals surface area contributed by atoms with Crippen molar-refractivity contribution in [2.75, 3.05) is 7.11 Å². The molecule has 0 aliphatic carbocycles. The summed E-state index contributed by atoms with van der Waals surface area (Å²) in [5.74, 6) is 1.57. The summed E-state index contributed by atoms with van der Waals surface area (Å²) >= 11 is 1.47.